The third-order valence-electron chi connectivity index (χ3n) is 3.76. The fourth-order valence-corrected chi connectivity index (χ4v) is 4.34. The molecule has 0 saturated heterocycles. The number of thiazole rings is 1. The van der Waals surface area contributed by atoms with Crippen LogP contribution in [0.25, 0.3) is 10.2 Å². The summed E-state index contributed by atoms with van der Waals surface area (Å²) in [6, 6.07) is 11.5. The number of benzene rings is 2. The Kier molecular flexibility index (Phi) is 6.73. The molecular weight excluding hydrogens is 426 g/mol. The molecule has 0 aliphatic rings. The number of urea groups is 1. The first-order valence-corrected chi connectivity index (χ1v) is 11.2. The molecule has 0 aliphatic heterocycles. The summed E-state index contributed by atoms with van der Waals surface area (Å²) in [4.78, 5) is 18.0. The maximum absolute atomic E-state index is 12.4. The molecule has 3 rings (SSSR count). The second-order valence-corrected chi connectivity index (χ2v) is 8.78. The number of terminal acetylenes is 1. The lowest BCUT2D eigenvalue weighted by Crippen LogP contribution is -2.30. The third-order valence-corrected chi connectivity index (χ3v) is 5.82. The lowest BCUT2D eigenvalue weighted by molar-refractivity contribution is 0.254. The topological polar surface area (TPSA) is 121 Å². The average molecular weight is 446 g/mol. The number of aromatic nitrogens is 1. The molecule has 0 saturated carbocycles. The van der Waals surface area contributed by atoms with E-state index in [-0.39, 0.29) is 12.4 Å². The molecule has 0 bridgehead atoms. The minimum atomic E-state index is -3.71. The zero-order chi connectivity index (χ0) is 21.6. The van der Waals surface area contributed by atoms with Gasteiger partial charge in [0.05, 0.1) is 16.0 Å². The molecule has 9 nitrogen and oxygen atoms in total. The van der Waals surface area contributed by atoms with E-state index in [1.165, 1.54) is 18.4 Å². The number of carbonyl (C=O) groups is 1. The third kappa shape index (κ3) is 5.84. The van der Waals surface area contributed by atoms with Crippen LogP contribution in [-0.4, -0.2) is 33.1 Å². The molecule has 1 heterocycles. The van der Waals surface area contributed by atoms with Crippen molar-refractivity contribution in [3.8, 4) is 18.1 Å². The zero-order valence-electron chi connectivity index (χ0n) is 15.9. The first kappa shape index (κ1) is 21.4. The van der Waals surface area contributed by atoms with Gasteiger partial charge in [0.1, 0.15) is 12.4 Å². The zero-order valence-corrected chi connectivity index (χ0v) is 17.6. The van der Waals surface area contributed by atoms with Crippen LogP contribution in [0.2, 0.25) is 0 Å². The summed E-state index contributed by atoms with van der Waals surface area (Å²) in [5.74, 6) is 2.73. The standard InChI is InChI=1S/C19H19N5O4S2/c1-3-9-28-15-7-8-16-17(11-15)29-19(22-16)23-24-30(26,27)12-13-5-4-6-14(10-13)21-18(25)20-2/h1,4-8,10-11,24H,9,12H2,2H3,(H,22,23)(H2,20,21,25). The van der Waals surface area contributed by atoms with Crippen LogP contribution in [0.5, 0.6) is 5.75 Å². The molecule has 156 valence electrons. The first-order chi connectivity index (χ1) is 14.4. The second-order valence-electron chi connectivity index (χ2n) is 6.03. The van der Waals surface area contributed by atoms with Crippen molar-refractivity contribution in [1.82, 2.24) is 15.1 Å². The summed E-state index contributed by atoms with van der Waals surface area (Å²) in [7, 11) is -2.22. The van der Waals surface area contributed by atoms with Crippen LogP contribution in [-0.2, 0) is 15.8 Å². The summed E-state index contributed by atoms with van der Waals surface area (Å²) in [6.45, 7) is 0.162. The van der Waals surface area contributed by atoms with E-state index in [1.807, 2.05) is 0 Å². The highest BCUT2D eigenvalue weighted by Gasteiger charge is 2.14. The van der Waals surface area contributed by atoms with Crippen molar-refractivity contribution in [2.45, 2.75) is 5.75 Å². The average Bonchev–Trinajstić information content (AvgIpc) is 3.13. The molecule has 30 heavy (non-hydrogen) atoms. The van der Waals surface area contributed by atoms with Gasteiger partial charge in [-0.05, 0) is 35.9 Å². The van der Waals surface area contributed by atoms with Crippen LogP contribution in [0.1, 0.15) is 5.56 Å². The van der Waals surface area contributed by atoms with E-state index >= 15 is 0 Å². The van der Waals surface area contributed by atoms with Crippen LogP contribution in [0.4, 0.5) is 15.6 Å². The molecule has 0 aliphatic carbocycles. The lowest BCUT2D eigenvalue weighted by atomic mass is 10.2. The monoisotopic (exact) mass is 445 g/mol. The van der Waals surface area contributed by atoms with Gasteiger partial charge in [0.2, 0.25) is 10.0 Å². The molecule has 0 atom stereocenters. The SMILES string of the molecule is C#CCOc1ccc2nc(NNS(=O)(=O)Cc3cccc(NC(=O)NC)c3)sc2c1. The second kappa shape index (κ2) is 9.45. The van der Waals surface area contributed by atoms with E-state index in [0.29, 0.717) is 27.6 Å². The van der Waals surface area contributed by atoms with Crippen LogP contribution in [0, 0.1) is 12.3 Å². The maximum atomic E-state index is 12.4. The number of hydrogen-bond donors (Lipinski definition) is 4. The molecule has 1 aromatic heterocycles. The van der Waals surface area contributed by atoms with Crippen molar-refractivity contribution in [3.63, 3.8) is 0 Å². The Labute approximate surface area is 177 Å². The predicted molar refractivity (Wildman–Crippen MR) is 118 cm³/mol. The summed E-state index contributed by atoms with van der Waals surface area (Å²) in [5.41, 5.74) is 4.33. The Balaban J connectivity index is 1.64. The molecule has 0 radical (unpaired) electrons. The molecule has 0 unspecified atom stereocenters. The smallest absolute Gasteiger partial charge is 0.318 e. The number of rotatable bonds is 8. The van der Waals surface area contributed by atoms with Gasteiger partial charge in [-0.2, -0.15) is 0 Å². The van der Waals surface area contributed by atoms with E-state index < -0.39 is 16.1 Å². The summed E-state index contributed by atoms with van der Waals surface area (Å²) >= 11 is 1.27. The van der Waals surface area contributed by atoms with Gasteiger partial charge in [-0.25, -0.2) is 18.2 Å². The molecule has 4 N–H and O–H groups in total. The van der Waals surface area contributed by atoms with E-state index in [9.17, 15) is 13.2 Å². The van der Waals surface area contributed by atoms with Gasteiger partial charge in [0, 0.05) is 12.7 Å². The molecule has 0 spiro atoms. The minimum absolute atomic E-state index is 0.162. The largest absolute Gasteiger partial charge is 0.481 e. The predicted octanol–water partition coefficient (Wildman–Crippen LogP) is 2.51. The number of sulfonamides is 1. The van der Waals surface area contributed by atoms with E-state index in [1.54, 1.807) is 42.5 Å². The number of fused-ring (bicyclic) bond motifs is 1. The molecule has 2 amide bonds. The van der Waals surface area contributed by atoms with Gasteiger partial charge in [-0.1, -0.05) is 29.4 Å². The highest BCUT2D eigenvalue weighted by atomic mass is 32.2. The summed E-state index contributed by atoms with van der Waals surface area (Å²) < 4.78 is 31.0. The van der Waals surface area contributed by atoms with Gasteiger partial charge in [-0.15, -0.1) is 11.3 Å². The van der Waals surface area contributed by atoms with Gasteiger partial charge in [0.25, 0.3) is 0 Å². The molecule has 2 aromatic carbocycles. The van der Waals surface area contributed by atoms with Gasteiger partial charge < -0.3 is 15.4 Å². The first-order valence-electron chi connectivity index (χ1n) is 8.68. The van der Waals surface area contributed by atoms with Gasteiger partial charge in [0.15, 0.2) is 5.13 Å². The lowest BCUT2D eigenvalue weighted by Gasteiger charge is -2.09. The Hall–Kier alpha value is -3.33. The summed E-state index contributed by atoms with van der Waals surface area (Å²) in [6.07, 6.45) is 5.18. The maximum Gasteiger partial charge on any atom is 0.318 e. The van der Waals surface area contributed by atoms with E-state index in [4.69, 9.17) is 11.2 Å². The minimum Gasteiger partial charge on any atom is -0.481 e. The fourth-order valence-electron chi connectivity index (χ4n) is 2.48. The number of anilines is 2. The number of hydrogen-bond acceptors (Lipinski definition) is 7. The van der Waals surface area contributed by atoms with Crippen LogP contribution >= 0.6 is 11.3 Å². The van der Waals surface area contributed by atoms with Crippen molar-refractivity contribution >= 4 is 48.4 Å². The Morgan fingerprint density at radius 1 is 1.27 bits per heavy atom. The van der Waals surface area contributed by atoms with E-state index in [0.717, 1.165) is 4.70 Å². The normalized spacial score (nSPS) is 10.9. The fraction of sp³-hybridized carbons (Fsp3) is 0.158. The van der Waals surface area contributed by atoms with Crippen LogP contribution < -0.4 is 25.6 Å². The van der Waals surface area contributed by atoms with E-state index in [2.05, 4.69) is 31.8 Å². The molecular formula is C19H19N5O4S2. The number of amides is 2. The van der Waals surface area contributed by atoms with Gasteiger partial charge >= 0.3 is 6.03 Å². The van der Waals surface area contributed by atoms with Gasteiger partial charge in [-0.3, -0.25) is 5.43 Å². The summed E-state index contributed by atoms with van der Waals surface area (Å²) in [5, 5.41) is 5.42. The van der Waals surface area contributed by atoms with Crippen LogP contribution in [0.3, 0.4) is 0 Å². The molecule has 0 fully saturated rings. The highest BCUT2D eigenvalue weighted by molar-refractivity contribution is 7.88. The quantitative estimate of drug-likeness (QED) is 0.312. The van der Waals surface area contributed by atoms with Crippen molar-refractivity contribution in [2.24, 2.45) is 0 Å². The molecule has 11 heteroatoms. The Bertz CT molecular complexity index is 1200. The van der Waals surface area contributed by atoms with Crippen molar-refractivity contribution in [3.05, 3.63) is 48.0 Å². The number of ether oxygens (including phenoxy) is 1. The van der Waals surface area contributed by atoms with Crippen molar-refractivity contribution < 1.29 is 17.9 Å². The molecule has 3 aromatic rings. The van der Waals surface area contributed by atoms with Crippen molar-refractivity contribution in [2.75, 3.05) is 24.4 Å². The van der Waals surface area contributed by atoms with Crippen molar-refractivity contribution in [1.29, 1.82) is 0 Å². The number of hydrazine groups is 1. The Morgan fingerprint density at radius 3 is 2.87 bits per heavy atom. The Morgan fingerprint density at radius 2 is 2.10 bits per heavy atom. The van der Waals surface area contributed by atoms with Crippen LogP contribution in [0.15, 0.2) is 42.5 Å². The number of nitrogens with one attached hydrogen (secondary N) is 4. The number of carbonyl (C=O) groups excluding carboxylic acids is 1. The number of nitrogens with zero attached hydrogens (tertiary/aromatic N) is 1. The highest BCUT2D eigenvalue weighted by Crippen LogP contribution is 2.29.